The molecule has 0 spiro atoms. The lowest BCUT2D eigenvalue weighted by molar-refractivity contribution is 0.00578. The first-order valence-corrected chi connectivity index (χ1v) is 9.62. The van der Waals surface area contributed by atoms with Crippen molar-refractivity contribution in [2.24, 2.45) is 0 Å². The lowest BCUT2D eigenvalue weighted by atomic mass is 9.73. The Labute approximate surface area is 159 Å². The number of nitrogens with zero attached hydrogens (tertiary/aromatic N) is 1. The van der Waals surface area contributed by atoms with Gasteiger partial charge in [-0.25, -0.2) is 0 Å². The SMILES string of the molecule is CC1(C)OB(C2=CCCCC2)OC1(C)C.Cc1nccc(Br)c1Cl. The third-order valence-corrected chi connectivity index (χ3v) is 6.26. The predicted octanol–water partition coefficient (Wildman–Crippen LogP) is 5.92. The lowest BCUT2D eigenvalue weighted by Gasteiger charge is -2.32. The maximum atomic E-state index is 6.01. The molecule has 3 nitrogen and oxygen atoms in total. The minimum atomic E-state index is -0.198. The van der Waals surface area contributed by atoms with Gasteiger partial charge in [0.1, 0.15) is 0 Å². The van der Waals surface area contributed by atoms with Crippen LogP contribution in [-0.2, 0) is 9.31 Å². The van der Waals surface area contributed by atoms with E-state index in [1.54, 1.807) is 6.20 Å². The van der Waals surface area contributed by atoms with Gasteiger partial charge in [0.2, 0.25) is 0 Å². The highest BCUT2D eigenvalue weighted by atomic mass is 79.9. The number of aromatic nitrogens is 1. The molecule has 132 valence electrons. The molecule has 24 heavy (non-hydrogen) atoms. The zero-order valence-corrected chi connectivity index (χ0v) is 17.5. The molecular formula is C18H26BBrClNO2. The van der Waals surface area contributed by atoms with E-state index in [-0.39, 0.29) is 18.3 Å². The second-order valence-electron chi connectivity index (χ2n) is 7.31. The minimum absolute atomic E-state index is 0.102. The summed E-state index contributed by atoms with van der Waals surface area (Å²) in [6.45, 7) is 10.3. The van der Waals surface area contributed by atoms with E-state index in [0.717, 1.165) is 16.6 Å². The van der Waals surface area contributed by atoms with Gasteiger partial charge >= 0.3 is 7.12 Å². The molecule has 0 amide bonds. The highest BCUT2D eigenvalue weighted by Crippen LogP contribution is 2.40. The molecule has 1 aliphatic heterocycles. The molecule has 0 N–H and O–H groups in total. The van der Waals surface area contributed by atoms with Crippen LogP contribution in [0.5, 0.6) is 0 Å². The Hall–Kier alpha value is -0.355. The molecule has 1 fully saturated rings. The Kier molecular flexibility index (Phi) is 6.57. The predicted molar refractivity (Wildman–Crippen MR) is 104 cm³/mol. The highest BCUT2D eigenvalue weighted by Gasteiger charge is 2.52. The average molecular weight is 415 g/mol. The van der Waals surface area contributed by atoms with Gasteiger partial charge in [0.15, 0.2) is 0 Å². The molecule has 0 aromatic carbocycles. The normalized spacial score (nSPS) is 21.8. The first-order chi connectivity index (χ1) is 11.1. The molecule has 2 heterocycles. The minimum Gasteiger partial charge on any atom is -0.400 e. The summed E-state index contributed by atoms with van der Waals surface area (Å²) in [7, 11) is -0.102. The zero-order valence-electron chi connectivity index (χ0n) is 15.2. The number of hydrogen-bond acceptors (Lipinski definition) is 3. The zero-order chi connectivity index (χ0) is 18.0. The maximum Gasteiger partial charge on any atom is 0.490 e. The molecule has 1 aromatic heterocycles. The van der Waals surface area contributed by atoms with Gasteiger partial charge in [-0.05, 0) is 87.8 Å². The van der Waals surface area contributed by atoms with Crippen molar-refractivity contribution in [3.05, 3.63) is 39.0 Å². The molecule has 0 atom stereocenters. The van der Waals surface area contributed by atoms with Crippen molar-refractivity contribution in [1.82, 2.24) is 4.98 Å². The number of rotatable bonds is 1. The Bertz CT molecular complexity index is 583. The first kappa shape index (κ1) is 20.0. The molecule has 0 radical (unpaired) electrons. The van der Waals surface area contributed by atoms with Crippen LogP contribution in [0.15, 0.2) is 28.3 Å². The summed E-state index contributed by atoms with van der Waals surface area (Å²) < 4.78 is 12.9. The number of pyridine rings is 1. The summed E-state index contributed by atoms with van der Waals surface area (Å²) in [5.41, 5.74) is 1.80. The number of hydrogen-bond donors (Lipinski definition) is 0. The smallest absolute Gasteiger partial charge is 0.400 e. The van der Waals surface area contributed by atoms with E-state index in [2.05, 4.69) is 54.7 Å². The van der Waals surface area contributed by atoms with Gasteiger partial charge in [0, 0.05) is 10.7 Å². The number of aryl methyl sites for hydroxylation is 1. The largest absolute Gasteiger partial charge is 0.490 e. The number of allylic oxidation sites excluding steroid dienone is 2. The highest BCUT2D eigenvalue weighted by molar-refractivity contribution is 9.10. The average Bonchev–Trinajstić information content (AvgIpc) is 2.75. The van der Waals surface area contributed by atoms with E-state index in [0.29, 0.717) is 5.02 Å². The molecule has 1 saturated heterocycles. The lowest BCUT2D eigenvalue weighted by Crippen LogP contribution is -2.41. The molecular weight excluding hydrogens is 388 g/mol. The topological polar surface area (TPSA) is 31.4 Å². The Morgan fingerprint density at radius 2 is 1.79 bits per heavy atom. The summed E-state index contributed by atoms with van der Waals surface area (Å²) in [6.07, 6.45) is 8.91. The monoisotopic (exact) mass is 413 g/mol. The van der Waals surface area contributed by atoms with Crippen LogP contribution in [0, 0.1) is 6.92 Å². The van der Waals surface area contributed by atoms with Crippen molar-refractivity contribution in [3.8, 4) is 0 Å². The van der Waals surface area contributed by atoms with Gasteiger partial charge in [-0.15, -0.1) is 0 Å². The van der Waals surface area contributed by atoms with E-state index >= 15 is 0 Å². The molecule has 3 rings (SSSR count). The Morgan fingerprint density at radius 3 is 2.25 bits per heavy atom. The van der Waals surface area contributed by atoms with Gasteiger partial charge in [-0.2, -0.15) is 0 Å². The van der Waals surface area contributed by atoms with Crippen LogP contribution in [0.3, 0.4) is 0 Å². The van der Waals surface area contributed by atoms with Gasteiger partial charge in [-0.1, -0.05) is 17.7 Å². The molecule has 2 aliphatic rings. The van der Waals surface area contributed by atoms with Gasteiger partial charge in [0.05, 0.1) is 21.9 Å². The fourth-order valence-corrected chi connectivity index (χ4v) is 3.11. The van der Waals surface area contributed by atoms with Crippen LogP contribution < -0.4 is 0 Å². The van der Waals surface area contributed by atoms with Crippen LogP contribution in [0.2, 0.25) is 5.02 Å². The Balaban J connectivity index is 0.000000198. The molecule has 1 aliphatic carbocycles. The van der Waals surface area contributed by atoms with Crippen LogP contribution in [0.25, 0.3) is 0 Å². The van der Waals surface area contributed by atoms with E-state index in [1.807, 2.05) is 13.0 Å². The van der Waals surface area contributed by atoms with E-state index in [1.165, 1.54) is 24.7 Å². The summed E-state index contributed by atoms with van der Waals surface area (Å²) in [6, 6.07) is 1.81. The number of halogens is 2. The van der Waals surface area contributed by atoms with Crippen molar-refractivity contribution < 1.29 is 9.31 Å². The van der Waals surface area contributed by atoms with Gasteiger partial charge < -0.3 is 9.31 Å². The molecule has 0 saturated carbocycles. The molecule has 0 unspecified atom stereocenters. The first-order valence-electron chi connectivity index (χ1n) is 8.45. The van der Waals surface area contributed by atoms with Gasteiger partial charge in [-0.3, -0.25) is 4.98 Å². The quantitative estimate of drug-likeness (QED) is 0.534. The van der Waals surface area contributed by atoms with E-state index in [9.17, 15) is 0 Å². The molecule has 1 aromatic rings. The molecule has 6 heteroatoms. The van der Waals surface area contributed by atoms with Crippen molar-refractivity contribution in [3.63, 3.8) is 0 Å². The fourth-order valence-electron chi connectivity index (χ4n) is 2.59. The fraction of sp³-hybridized carbons (Fsp3) is 0.611. The summed E-state index contributed by atoms with van der Waals surface area (Å²) >= 11 is 9.04. The third-order valence-electron chi connectivity index (χ3n) is 4.90. The van der Waals surface area contributed by atoms with Crippen LogP contribution in [-0.4, -0.2) is 23.3 Å². The standard InChI is InChI=1S/C12H21BO2.C6H5BrClN/c1-11(2)12(3,4)15-13(14-11)10-8-6-5-7-9-10;1-4-6(8)5(7)2-3-9-4/h8H,5-7,9H2,1-4H3;2-3H,1H3. The summed E-state index contributed by atoms with van der Waals surface area (Å²) in [4.78, 5) is 3.98. The van der Waals surface area contributed by atoms with Crippen molar-refractivity contribution >= 4 is 34.6 Å². The summed E-state index contributed by atoms with van der Waals surface area (Å²) in [5.74, 6) is 0. The maximum absolute atomic E-state index is 6.01. The molecule has 0 bridgehead atoms. The third kappa shape index (κ3) is 4.63. The summed E-state index contributed by atoms with van der Waals surface area (Å²) in [5, 5.41) is 0.692. The van der Waals surface area contributed by atoms with Crippen molar-refractivity contribution in [2.45, 2.75) is 71.5 Å². The van der Waals surface area contributed by atoms with Crippen LogP contribution in [0.4, 0.5) is 0 Å². The van der Waals surface area contributed by atoms with Gasteiger partial charge in [0.25, 0.3) is 0 Å². The van der Waals surface area contributed by atoms with Crippen LogP contribution in [0.1, 0.15) is 59.1 Å². The second-order valence-corrected chi connectivity index (χ2v) is 8.54. The van der Waals surface area contributed by atoms with E-state index in [4.69, 9.17) is 20.9 Å². The second kappa shape index (κ2) is 7.90. The Morgan fingerprint density at radius 1 is 1.17 bits per heavy atom. The van der Waals surface area contributed by atoms with Crippen molar-refractivity contribution in [2.75, 3.05) is 0 Å². The van der Waals surface area contributed by atoms with Crippen LogP contribution >= 0.6 is 27.5 Å². The van der Waals surface area contributed by atoms with Crippen molar-refractivity contribution in [1.29, 1.82) is 0 Å². The van der Waals surface area contributed by atoms with E-state index < -0.39 is 0 Å².